The first kappa shape index (κ1) is 21.4. The van der Waals surface area contributed by atoms with E-state index in [9.17, 15) is 23.1 Å². The van der Waals surface area contributed by atoms with Gasteiger partial charge in [-0.1, -0.05) is 19.6 Å². The molecule has 1 aromatic carbocycles. The molecule has 1 aromatic rings. The van der Waals surface area contributed by atoms with Gasteiger partial charge in [0.25, 0.3) is 5.91 Å². The maximum absolute atomic E-state index is 13.0. The standard InChI is InChI=1S/C18H24F3N3O4Si/c1-11-17(26)23(10-27-5-6-29(2,3)4)22-16-9-28-15-7-12(18(19,20)21)14(25)8-13(15)24(11)16/h7-8,11,25H,5-6,9-10H2,1-4H3. The number of benzene rings is 1. The van der Waals surface area contributed by atoms with E-state index in [0.717, 1.165) is 18.2 Å². The maximum Gasteiger partial charge on any atom is 0.420 e. The molecule has 0 saturated heterocycles. The second-order valence-electron chi connectivity index (χ2n) is 8.27. The Kier molecular flexibility index (Phi) is 5.56. The van der Waals surface area contributed by atoms with Crippen LogP contribution in [0, 0.1) is 0 Å². The van der Waals surface area contributed by atoms with Crippen LogP contribution in [0.5, 0.6) is 11.5 Å². The van der Waals surface area contributed by atoms with E-state index in [4.69, 9.17) is 9.47 Å². The molecule has 0 aromatic heterocycles. The number of phenols is 1. The number of ether oxygens (including phenoxy) is 2. The number of nitrogens with zero attached hydrogens (tertiary/aromatic N) is 3. The van der Waals surface area contributed by atoms with E-state index < -0.39 is 31.6 Å². The highest BCUT2D eigenvalue weighted by Gasteiger charge is 2.41. The molecule has 3 rings (SSSR count). The normalized spacial score (nSPS) is 19.5. The van der Waals surface area contributed by atoms with Gasteiger partial charge >= 0.3 is 6.18 Å². The van der Waals surface area contributed by atoms with E-state index in [1.807, 2.05) is 0 Å². The van der Waals surface area contributed by atoms with Crippen LogP contribution in [0.15, 0.2) is 17.2 Å². The van der Waals surface area contributed by atoms with Gasteiger partial charge in [0, 0.05) is 20.7 Å². The zero-order valence-corrected chi connectivity index (χ0v) is 17.7. The molecule has 2 aliphatic heterocycles. The number of rotatable bonds is 5. The van der Waals surface area contributed by atoms with Crippen molar-refractivity contribution in [3.8, 4) is 11.5 Å². The first-order valence-corrected chi connectivity index (χ1v) is 12.9. The topological polar surface area (TPSA) is 74.6 Å². The zero-order valence-electron chi connectivity index (χ0n) is 16.7. The summed E-state index contributed by atoms with van der Waals surface area (Å²) < 4.78 is 50.1. The Balaban J connectivity index is 1.82. The van der Waals surface area contributed by atoms with Gasteiger partial charge < -0.3 is 19.5 Å². The number of hydrogen-bond acceptors (Lipinski definition) is 6. The number of fused-ring (bicyclic) bond motifs is 3. The van der Waals surface area contributed by atoms with Gasteiger partial charge in [-0.05, 0) is 19.0 Å². The summed E-state index contributed by atoms with van der Waals surface area (Å²) in [5, 5.41) is 15.3. The van der Waals surface area contributed by atoms with Crippen molar-refractivity contribution >= 4 is 25.5 Å². The summed E-state index contributed by atoms with van der Waals surface area (Å²) in [6, 6.07) is 1.91. The summed E-state index contributed by atoms with van der Waals surface area (Å²) in [5.74, 6) is -0.988. The smallest absolute Gasteiger partial charge is 0.420 e. The molecule has 0 spiro atoms. The molecule has 1 unspecified atom stereocenters. The molecule has 0 saturated carbocycles. The highest BCUT2D eigenvalue weighted by Crippen LogP contribution is 2.45. The number of carbonyl (C=O) groups is 1. The van der Waals surface area contributed by atoms with Gasteiger partial charge in [-0.15, -0.1) is 0 Å². The number of halogens is 3. The summed E-state index contributed by atoms with van der Waals surface area (Å²) in [7, 11) is -1.26. The molecule has 1 amide bonds. The predicted octanol–water partition coefficient (Wildman–Crippen LogP) is 3.47. The number of anilines is 1. The quantitative estimate of drug-likeness (QED) is 0.571. The Morgan fingerprint density at radius 2 is 2.03 bits per heavy atom. The number of alkyl halides is 3. The van der Waals surface area contributed by atoms with Gasteiger partial charge in [0.1, 0.15) is 36.4 Å². The average Bonchev–Trinajstić information content (AvgIpc) is 2.59. The van der Waals surface area contributed by atoms with Crippen LogP contribution in [0.3, 0.4) is 0 Å². The van der Waals surface area contributed by atoms with E-state index in [2.05, 4.69) is 24.7 Å². The molecule has 7 nitrogen and oxygen atoms in total. The molecule has 2 heterocycles. The second-order valence-corrected chi connectivity index (χ2v) is 13.9. The summed E-state index contributed by atoms with van der Waals surface area (Å²) in [5.41, 5.74) is -1.02. The van der Waals surface area contributed by atoms with Crippen LogP contribution >= 0.6 is 0 Å². The monoisotopic (exact) mass is 431 g/mol. The van der Waals surface area contributed by atoms with Crippen molar-refractivity contribution in [1.82, 2.24) is 5.01 Å². The minimum absolute atomic E-state index is 0.00386. The molecule has 160 valence electrons. The fourth-order valence-corrected chi connectivity index (χ4v) is 3.84. The van der Waals surface area contributed by atoms with Gasteiger partial charge in [0.2, 0.25) is 0 Å². The SMILES string of the molecule is CC1C(=O)N(COCC[Si](C)(C)C)N=C2COc3cc(C(F)(F)F)c(O)cc3N21. The number of amides is 1. The number of hydrogen-bond donors (Lipinski definition) is 1. The molecule has 1 N–H and O–H groups in total. The Labute approximate surface area is 167 Å². The van der Waals surface area contributed by atoms with Crippen LogP contribution in [0.1, 0.15) is 12.5 Å². The zero-order chi connectivity index (χ0) is 21.6. The van der Waals surface area contributed by atoms with Gasteiger partial charge in [-0.25, -0.2) is 5.01 Å². The lowest BCUT2D eigenvalue weighted by molar-refractivity contribution is -0.139. The third kappa shape index (κ3) is 4.50. The van der Waals surface area contributed by atoms with Crippen LogP contribution in [0.2, 0.25) is 25.7 Å². The Hall–Kier alpha value is -2.27. The fraction of sp³-hybridized carbons (Fsp3) is 0.556. The van der Waals surface area contributed by atoms with Crippen molar-refractivity contribution in [2.75, 3.05) is 24.8 Å². The van der Waals surface area contributed by atoms with Crippen molar-refractivity contribution in [3.05, 3.63) is 17.7 Å². The highest BCUT2D eigenvalue weighted by molar-refractivity contribution is 6.76. The Morgan fingerprint density at radius 1 is 1.34 bits per heavy atom. The Morgan fingerprint density at radius 3 is 2.66 bits per heavy atom. The Bertz CT molecular complexity index is 839. The van der Waals surface area contributed by atoms with E-state index >= 15 is 0 Å². The van der Waals surface area contributed by atoms with Gasteiger partial charge in [-0.2, -0.15) is 18.3 Å². The molecular weight excluding hydrogens is 407 g/mol. The minimum atomic E-state index is -4.72. The molecular formula is C18H24F3N3O4Si. The van der Waals surface area contributed by atoms with E-state index in [1.54, 1.807) is 6.92 Å². The molecule has 0 aliphatic carbocycles. The first-order valence-electron chi connectivity index (χ1n) is 9.21. The average molecular weight is 431 g/mol. The van der Waals surface area contributed by atoms with Crippen LogP contribution in [-0.2, 0) is 15.7 Å². The van der Waals surface area contributed by atoms with E-state index in [-0.39, 0.29) is 30.7 Å². The fourth-order valence-electron chi connectivity index (χ4n) is 3.08. The predicted molar refractivity (Wildman–Crippen MR) is 104 cm³/mol. The first-order chi connectivity index (χ1) is 13.4. The van der Waals surface area contributed by atoms with Gasteiger partial charge in [0.15, 0.2) is 5.84 Å². The molecule has 0 bridgehead atoms. The second kappa shape index (κ2) is 7.52. The largest absolute Gasteiger partial charge is 0.507 e. The summed E-state index contributed by atoms with van der Waals surface area (Å²) >= 11 is 0. The molecule has 0 fully saturated rings. The minimum Gasteiger partial charge on any atom is -0.507 e. The van der Waals surface area contributed by atoms with Crippen molar-refractivity contribution < 1.29 is 32.5 Å². The highest BCUT2D eigenvalue weighted by atomic mass is 28.3. The third-order valence-electron chi connectivity index (χ3n) is 4.72. The van der Waals surface area contributed by atoms with Crippen molar-refractivity contribution in [3.63, 3.8) is 0 Å². The molecule has 11 heteroatoms. The number of amidine groups is 1. The molecule has 0 radical (unpaired) electrons. The van der Waals surface area contributed by atoms with Crippen LogP contribution in [-0.4, -0.2) is 55.9 Å². The van der Waals surface area contributed by atoms with Gasteiger partial charge in [-0.3, -0.25) is 4.79 Å². The van der Waals surface area contributed by atoms with Crippen LogP contribution in [0.25, 0.3) is 0 Å². The number of carbonyl (C=O) groups excluding carboxylic acids is 1. The van der Waals surface area contributed by atoms with E-state index in [1.165, 1.54) is 9.91 Å². The van der Waals surface area contributed by atoms with Crippen molar-refractivity contribution in [1.29, 1.82) is 0 Å². The summed E-state index contributed by atoms with van der Waals surface area (Å²) in [4.78, 5) is 14.2. The molecule has 29 heavy (non-hydrogen) atoms. The summed E-state index contributed by atoms with van der Waals surface area (Å²) in [6.07, 6.45) is -4.72. The molecule has 1 atom stereocenters. The van der Waals surface area contributed by atoms with E-state index in [0.29, 0.717) is 12.4 Å². The van der Waals surface area contributed by atoms with Crippen LogP contribution in [0.4, 0.5) is 18.9 Å². The lowest BCUT2D eigenvalue weighted by Gasteiger charge is -2.41. The van der Waals surface area contributed by atoms with Crippen LogP contribution < -0.4 is 9.64 Å². The van der Waals surface area contributed by atoms with Gasteiger partial charge in [0.05, 0.1) is 5.69 Å². The molecule has 2 aliphatic rings. The number of hydrazone groups is 1. The number of aromatic hydroxyl groups is 1. The lowest BCUT2D eigenvalue weighted by atomic mass is 10.1. The lowest BCUT2D eigenvalue weighted by Crippen LogP contribution is -2.57. The summed E-state index contributed by atoms with van der Waals surface area (Å²) in [6.45, 7) is 8.71. The van der Waals surface area contributed by atoms with Crippen molar-refractivity contribution in [2.45, 2.75) is 44.8 Å². The third-order valence-corrected chi connectivity index (χ3v) is 6.43. The number of phenolic OH excluding ortho intramolecular Hbond substituents is 1. The maximum atomic E-state index is 13.0. The van der Waals surface area contributed by atoms with Crippen molar-refractivity contribution in [2.24, 2.45) is 5.10 Å².